The molecule has 54 heavy (non-hydrogen) atoms. The molecule has 8 rings (SSSR count). The summed E-state index contributed by atoms with van der Waals surface area (Å²) in [6.07, 6.45) is 1.21. The van der Waals surface area contributed by atoms with Gasteiger partial charge in [-0.1, -0.05) is 113 Å². The number of hydrogen-bond donors (Lipinski definition) is 0. The van der Waals surface area contributed by atoms with Gasteiger partial charge in [0.1, 0.15) is 5.75 Å². The lowest BCUT2D eigenvalue weighted by atomic mass is 9.82. The van der Waals surface area contributed by atoms with Crippen LogP contribution in [0.5, 0.6) is 5.75 Å². The average Bonchev–Trinajstić information content (AvgIpc) is 3.54. The summed E-state index contributed by atoms with van der Waals surface area (Å²) < 4.78 is 7.88. The minimum Gasteiger partial charge on any atom is -0.497 e. The number of benzene rings is 7. The van der Waals surface area contributed by atoms with E-state index in [1.807, 2.05) is 12.1 Å². The number of para-hydroxylation sites is 2. The smallest absolute Gasteiger partial charge is 0.119 e. The van der Waals surface area contributed by atoms with Gasteiger partial charge in [0.15, 0.2) is 0 Å². The molecule has 0 spiro atoms. The Morgan fingerprint density at radius 2 is 0.963 bits per heavy atom. The van der Waals surface area contributed by atoms with Crippen LogP contribution >= 0.6 is 0 Å². The number of methoxy groups -OCH3 is 1. The van der Waals surface area contributed by atoms with Crippen LogP contribution in [-0.4, -0.2) is 11.7 Å². The summed E-state index contributed by atoms with van der Waals surface area (Å²) in [5.41, 5.74) is 13.1. The largest absolute Gasteiger partial charge is 0.497 e. The molecule has 268 valence electrons. The molecule has 0 N–H and O–H groups in total. The van der Waals surface area contributed by atoms with Crippen LogP contribution in [0.15, 0.2) is 170 Å². The second-order valence-electron chi connectivity index (χ2n) is 15.2. The molecule has 0 bridgehead atoms. The van der Waals surface area contributed by atoms with Gasteiger partial charge >= 0.3 is 0 Å². The van der Waals surface area contributed by atoms with Crippen molar-refractivity contribution in [3.05, 3.63) is 175 Å². The molecule has 0 saturated heterocycles. The van der Waals surface area contributed by atoms with Crippen LogP contribution in [0, 0.1) is 11.8 Å². The Hall–Kier alpha value is -6.06. The maximum absolute atomic E-state index is 5.51. The zero-order valence-electron chi connectivity index (χ0n) is 31.9. The molecule has 0 aliphatic heterocycles. The van der Waals surface area contributed by atoms with Crippen LogP contribution in [0.25, 0.3) is 49.7 Å². The van der Waals surface area contributed by atoms with E-state index in [1.165, 1.54) is 56.0 Å². The first-order valence-electron chi connectivity index (χ1n) is 19.2. The van der Waals surface area contributed by atoms with Gasteiger partial charge in [-0.2, -0.15) is 0 Å². The molecule has 7 aromatic carbocycles. The van der Waals surface area contributed by atoms with E-state index in [-0.39, 0.29) is 0 Å². The van der Waals surface area contributed by atoms with Crippen molar-refractivity contribution in [3.63, 3.8) is 0 Å². The van der Waals surface area contributed by atoms with E-state index in [9.17, 15) is 0 Å². The lowest BCUT2D eigenvalue weighted by Crippen LogP contribution is -2.09. The summed E-state index contributed by atoms with van der Waals surface area (Å²) in [5, 5.41) is 2.47. The third-order valence-electron chi connectivity index (χ3n) is 10.8. The number of aromatic nitrogens is 1. The zero-order valence-corrected chi connectivity index (χ0v) is 31.9. The number of anilines is 3. The van der Waals surface area contributed by atoms with Crippen LogP contribution in [0.1, 0.15) is 45.6 Å². The highest BCUT2D eigenvalue weighted by Gasteiger charge is 2.19. The van der Waals surface area contributed by atoms with Crippen molar-refractivity contribution in [2.45, 2.75) is 40.0 Å². The molecule has 0 amide bonds. The Balaban J connectivity index is 1.21. The fraction of sp³-hybridized carbons (Fsp3) is 0.176. The fourth-order valence-corrected chi connectivity index (χ4v) is 8.02. The van der Waals surface area contributed by atoms with E-state index in [0.29, 0.717) is 17.8 Å². The standard InChI is InChI=1S/C51H48N2O/c1-35(2)32-47(36(3)4)39-18-16-37(17-19-39)40-22-30-50-48(33-40)49-34-41(23-31-51(49)53(50)45-26-28-46(54-5)29-27-45)38-20-24-44(25-21-38)52(42-12-8-6-9-13-42)43-14-10-7-11-15-43/h6-31,33-36,47H,32H2,1-5H3. The Morgan fingerprint density at radius 1 is 0.500 bits per heavy atom. The first-order valence-corrected chi connectivity index (χ1v) is 19.2. The SMILES string of the molecule is COc1ccc(-n2c3ccc(-c4ccc(C(CC(C)C)C(C)C)cc4)cc3c3cc(-c4ccc(N(c5ccccc5)c5ccccc5)cc4)ccc32)cc1. The monoisotopic (exact) mass is 704 g/mol. The Kier molecular flexibility index (Phi) is 9.80. The molecular formula is C51H48N2O. The first-order chi connectivity index (χ1) is 26.4. The minimum atomic E-state index is 0.566. The highest BCUT2D eigenvalue weighted by atomic mass is 16.5. The van der Waals surface area contributed by atoms with Crippen molar-refractivity contribution < 1.29 is 4.74 Å². The van der Waals surface area contributed by atoms with Gasteiger partial charge in [-0.3, -0.25) is 0 Å². The minimum absolute atomic E-state index is 0.566. The number of nitrogens with zero attached hydrogens (tertiary/aromatic N) is 2. The maximum atomic E-state index is 5.51. The third kappa shape index (κ3) is 6.90. The van der Waals surface area contributed by atoms with Crippen LogP contribution in [-0.2, 0) is 0 Å². The number of ether oxygens (including phenoxy) is 1. The Morgan fingerprint density at radius 3 is 1.43 bits per heavy atom. The molecule has 3 heteroatoms. The van der Waals surface area contributed by atoms with Gasteiger partial charge < -0.3 is 14.2 Å². The molecular weight excluding hydrogens is 657 g/mol. The van der Waals surface area contributed by atoms with Gasteiger partial charge in [0.2, 0.25) is 0 Å². The predicted octanol–water partition coefficient (Wildman–Crippen LogP) is 14.4. The van der Waals surface area contributed by atoms with Crippen molar-refractivity contribution in [1.29, 1.82) is 0 Å². The Labute approximate surface area is 320 Å². The van der Waals surface area contributed by atoms with Gasteiger partial charge in [0.05, 0.1) is 18.1 Å². The topological polar surface area (TPSA) is 17.4 Å². The summed E-state index contributed by atoms with van der Waals surface area (Å²) >= 11 is 0. The van der Waals surface area contributed by atoms with E-state index in [2.05, 4.69) is 195 Å². The molecule has 8 aromatic rings. The molecule has 1 atom stereocenters. The van der Waals surface area contributed by atoms with Crippen LogP contribution in [0.4, 0.5) is 17.1 Å². The molecule has 0 saturated carbocycles. The van der Waals surface area contributed by atoms with Crippen LogP contribution in [0.3, 0.4) is 0 Å². The van der Waals surface area contributed by atoms with E-state index in [1.54, 1.807) is 7.11 Å². The van der Waals surface area contributed by atoms with Crippen molar-refractivity contribution in [3.8, 4) is 33.7 Å². The third-order valence-corrected chi connectivity index (χ3v) is 10.8. The number of rotatable bonds is 11. The summed E-state index contributed by atoms with van der Waals surface area (Å²) in [6, 6.07) is 61.6. The van der Waals surface area contributed by atoms with Crippen molar-refractivity contribution in [2.24, 2.45) is 11.8 Å². The first kappa shape index (κ1) is 35.0. The summed E-state index contributed by atoms with van der Waals surface area (Å²) in [6.45, 7) is 9.35. The van der Waals surface area contributed by atoms with Gasteiger partial charge in [0, 0.05) is 33.5 Å². The Bertz CT molecular complexity index is 2440. The zero-order chi connectivity index (χ0) is 37.2. The van der Waals surface area contributed by atoms with Gasteiger partial charge in [-0.15, -0.1) is 0 Å². The quantitative estimate of drug-likeness (QED) is 0.133. The normalized spacial score (nSPS) is 12.1. The van der Waals surface area contributed by atoms with Crippen LogP contribution in [0.2, 0.25) is 0 Å². The van der Waals surface area contributed by atoms with Crippen molar-refractivity contribution in [2.75, 3.05) is 12.0 Å². The molecule has 0 aliphatic rings. The van der Waals surface area contributed by atoms with Gasteiger partial charge in [-0.25, -0.2) is 0 Å². The highest BCUT2D eigenvalue weighted by Crippen LogP contribution is 2.40. The van der Waals surface area contributed by atoms with E-state index in [4.69, 9.17) is 4.74 Å². The van der Waals surface area contributed by atoms with E-state index >= 15 is 0 Å². The average molecular weight is 705 g/mol. The lowest BCUT2D eigenvalue weighted by Gasteiger charge is -2.25. The van der Waals surface area contributed by atoms with Crippen molar-refractivity contribution in [1.82, 2.24) is 4.57 Å². The molecule has 1 unspecified atom stereocenters. The predicted molar refractivity (Wildman–Crippen MR) is 230 cm³/mol. The van der Waals surface area contributed by atoms with Crippen LogP contribution < -0.4 is 9.64 Å². The van der Waals surface area contributed by atoms with E-state index in [0.717, 1.165) is 28.5 Å². The van der Waals surface area contributed by atoms with E-state index < -0.39 is 0 Å². The fourth-order valence-electron chi connectivity index (χ4n) is 8.02. The summed E-state index contributed by atoms with van der Waals surface area (Å²) in [7, 11) is 1.71. The van der Waals surface area contributed by atoms with Gasteiger partial charge in [-0.05, 0) is 137 Å². The lowest BCUT2D eigenvalue weighted by molar-refractivity contribution is 0.408. The molecule has 1 aromatic heterocycles. The molecule has 0 radical (unpaired) electrons. The van der Waals surface area contributed by atoms with Crippen molar-refractivity contribution >= 4 is 38.9 Å². The summed E-state index contributed by atoms with van der Waals surface area (Å²) in [4.78, 5) is 2.30. The second-order valence-corrected chi connectivity index (χ2v) is 15.2. The molecule has 0 fully saturated rings. The molecule has 0 aliphatic carbocycles. The number of fused-ring (bicyclic) bond motifs is 3. The highest BCUT2D eigenvalue weighted by molar-refractivity contribution is 6.11. The second kappa shape index (κ2) is 15.1. The maximum Gasteiger partial charge on any atom is 0.119 e. The molecule has 1 heterocycles. The van der Waals surface area contributed by atoms with Gasteiger partial charge in [0.25, 0.3) is 0 Å². The molecule has 3 nitrogen and oxygen atoms in total. The number of hydrogen-bond acceptors (Lipinski definition) is 2. The summed E-state index contributed by atoms with van der Waals surface area (Å²) in [5.74, 6) is 2.69.